The van der Waals surface area contributed by atoms with Crippen LogP contribution in [-0.2, 0) is 22.7 Å². The molecule has 0 unspecified atom stereocenters. The maximum atomic E-state index is 12.1. The maximum absolute atomic E-state index is 12.1. The molecule has 0 saturated carbocycles. The Morgan fingerprint density at radius 3 is 3.04 bits per heavy atom. The number of anilines is 1. The number of carbonyl (C=O) groups is 1. The Morgan fingerprint density at radius 2 is 2.19 bits per heavy atom. The number of hydrogen-bond donors (Lipinski definition) is 1. The van der Waals surface area contributed by atoms with E-state index < -0.39 is 6.10 Å². The third-order valence-electron chi connectivity index (χ3n) is 4.51. The predicted octanol–water partition coefficient (Wildman–Crippen LogP) is 2.72. The lowest BCUT2D eigenvalue weighted by Crippen LogP contribution is -2.48. The average molecular weight is 375 g/mol. The van der Waals surface area contributed by atoms with Crippen LogP contribution in [0.1, 0.15) is 11.1 Å². The fraction of sp³-hybridized carbons (Fsp3) is 0.316. The summed E-state index contributed by atoms with van der Waals surface area (Å²) in [4.78, 5) is 14.3. The van der Waals surface area contributed by atoms with Gasteiger partial charge in [0.25, 0.3) is 5.91 Å². The van der Waals surface area contributed by atoms with Crippen molar-refractivity contribution in [3.8, 4) is 11.5 Å². The molecule has 0 spiro atoms. The smallest absolute Gasteiger partial charge is 0.262 e. The zero-order valence-electron chi connectivity index (χ0n) is 14.3. The Labute approximate surface area is 156 Å². The van der Waals surface area contributed by atoms with E-state index in [0.29, 0.717) is 30.5 Å². The number of para-hydroxylation sites is 2. The van der Waals surface area contributed by atoms with Gasteiger partial charge in [0.05, 0.1) is 18.8 Å². The van der Waals surface area contributed by atoms with Crippen LogP contribution in [0.15, 0.2) is 36.4 Å². The summed E-state index contributed by atoms with van der Waals surface area (Å²) >= 11 is 6.28. The highest BCUT2D eigenvalue weighted by Gasteiger charge is 2.31. The van der Waals surface area contributed by atoms with Gasteiger partial charge in [-0.25, -0.2) is 0 Å². The first-order valence-electron chi connectivity index (χ1n) is 8.40. The predicted molar refractivity (Wildman–Crippen MR) is 97.7 cm³/mol. The summed E-state index contributed by atoms with van der Waals surface area (Å²) < 4.78 is 16.9. The van der Waals surface area contributed by atoms with E-state index in [0.717, 1.165) is 22.6 Å². The SMILES string of the molecule is CNC(=O)[C@H]1CN(Cc2cc(Cl)cc3c2OCOC3)c2ccccc2O1. The third kappa shape index (κ3) is 3.18. The molecule has 1 atom stereocenters. The maximum Gasteiger partial charge on any atom is 0.262 e. The minimum absolute atomic E-state index is 0.151. The van der Waals surface area contributed by atoms with Crippen LogP contribution in [0.3, 0.4) is 0 Å². The van der Waals surface area contributed by atoms with Crippen molar-refractivity contribution in [3.05, 3.63) is 52.5 Å². The van der Waals surface area contributed by atoms with Gasteiger partial charge in [0.2, 0.25) is 0 Å². The summed E-state index contributed by atoms with van der Waals surface area (Å²) in [5.41, 5.74) is 2.83. The number of rotatable bonds is 3. The highest BCUT2D eigenvalue weighted by molar-refractivity contribution is 6.30. The van der Waals surface area contributed by atoms with Gasteiger partial charge in [-0.1, -0.05) is 23.7 Å². The molecule has 0 fully saturated rings. The van der Waals surface area contributed by atoms with Crippen LogP contribution >= 0.6 is 11.6 Å². The molecule has 1 N–H and O–H groups in total. The topological polar surface area (TPSA) is 60.0 Å². The normalized spacial score (nSPS) is 18.2. The van der Waals surface area contributed by atoms with E-state index in [2.05, 4.69) is 10.2 Å². The molecular weight excluding hydrogens is 356 g/mol. The number of halogens is 1. The van der Waals surface area contributed by atoms with Gasteiger partial charge < -0.3 is 24.4 Å². The van der Waals surface area contributed by atoms with Crippen molar-refractivity contribution in [2.45, 2.75) is 19.3 Å². The number of nitrogens with one attached hydrogen (secondary N) is 1. The molecule has 6 nitrogen and oxygen atoms in total. The van der Waals surface area contributed by atoms with Crippen molar-refractivity contribution in [2.24, 2.45) is 0 Å². The molecule has 26 heavy (non-hydrogen) atoms. The van der Waals surface area contributed by atoms with Crippen LogP contribution < -0.4 is 19.7 Å². The van der Waals surface area contributed by atoms with Crippen molar-refractivity contribution in [2.75, 3.05) is 25.3 Å². The standard InChI is InChI=1S/C19H19ClN2O4/c1-21-19(23)17-9-22(15-4-2-3-5-16(15)26-17)8-12-6-14(20)7-13-10-24-11-25-18(12)13/h2-7,17H,8-11H2,1H3,(H,21,23)/t17-/m1/s1. The molecule has 2 aliphatic rings. The quantitative estimate of drug-likeness (QED) is 0.895. The Morgan fingerprint density at radius 1 is 1.35 bits per heavy atom. The molecule has 1 amide bonds. The molecule has 0 bridgehead atoms. The van der Waals surface area contributed by atoms with Gasteiger partial charge >= 0.3 is 0 Å². The molecule has 0 aliphatic carbocycles. The van der Waals surface area contributed by atoms with Gasteiger partial charge in [-0.05, 0) is 24.3 Å². The van der Waals surface area contributed by atoms with Crippen LogP contribution in [0.25, 0.3) is 0 Å². The van der Waals surface area contributed by atoms with Crippen molar-refractivity contribution in [1.82, 2.24) is 5.32 Å². The van der Waals surface area contributed by atoms with E-state index in [1.807, 2.05) is 36.4 Å². The van der Waals surface area contributed by atoms with Crippen LogP contribution in [-0.4, -0.2) is 32.4 Å². The average Bonchev–Trinajstić information content (AvgIpc) is 2.67. The lowest BCUT2D eigenvalue weighted by molar-refractivity contribution is -0.127. The van der Waals surface area contributed by atoms with Gasteiger partial charge in [0, 0.05) is 29.7 Å². The summed E-state index contributed by atoms with van der Waals surface area (Å²) in [6, 6.07) is 11.5. The highest BCUT2D eigenvalue weighted by atomic mass is 35.5. The summed E-state index contributed by atoms with van der Waals surface area (Å²) in [6.45, 7) is 1.69. The second-order valence-corrected chi connectivity index (χ2v) is 6.67. The Kier molecular flexibility index (Phi) is 4.61. The van der Waals surface area contributed by atoms with E-state index in [1.165, 1.54) is 0 Å². The van der Waals surface area contributed by atoms with E-state index in [1.54, 1.807) is 7.05 Å². The molecule has 0 radical (unpaired) electrons. The molecule has 0 saturated heterocycles. The zero-order chi connectivity index (χ0) is 18.1. The van der Waals surface area contributed by atoms with Crippen molar-refractivity contribution in [1.29, 1.82) is 0 Å². The minimum Gasteiger partial charge on any atom is -0.477 e. The summed E-state index contributed by atoms with van der Waals surface area (Å²) in [7, 11) is 1.61. The Balaban J connectivity index is 1.69. The van der Waals surface area contributed by atoms with Crippen LogP contribution in [0.4, 0.5) is 5.69 Å². The van der Waals surface area contributed by atoms with E-state index in [9.17, 15) is 4.79 Å². The number of nitrogens with zero attached hydrogens (tertiary/aromatic N) is 1. The number of benzene rings is 2. The summed E-state index contributed by atoms with van der Waals surface area (Å²) in [6.07, 6.45) is -0.575. The fourth-order valence-electron chi connectivity index (χ4n) is 3.33. The minimum atomic E-state index is -0.575. The monoisotopic (exact) mass is 374 g/mol. The lowest BCUT2D eigenvalue weighted by atomic mass is 10.1. The van der Waals surface area contributed by atoms with Gasteiger partial charge in [0.1, 0.15) is 11.5 Å². The number of ether oxygens (including phenoxy) is 3. The second kappa shape index (κ2) is 7.05. The van der Waals surface area contributed by atoms with Crippen LogP contribution in [0.5, 0.6) is 11.5 Å². The number of carbonyl (C=O) groups excluding carboxylic acids is 1. The molecule has 0 aromatic heterocycles. The van der Waals surface area contributed by atoms with Crippen molar-refractivity contribution >= 4 is 23.2 Å². The second-order valence-electron chi connectivity index (χ2n) is 6.23. The molecule has 7 heteroatoms. The molecule has 2 aromatic carbocycles. The molecule has 2 aliphatic heterocycles. The Hall–Kier alpha value is -2.44. The first-order chi connectivity index (χ1) is 12.7. The number of hydrogen-bond acceptors (Lipinski definition) is 5. The first-order valence-corrected chi connectivity index (χ1v) is 8.77. The molecule has 4 rings (SSSR count). The van der Waals surface area contributed by atoms with E-state index >= 15 is 0 Å². The van der Waals surface area contributed by atoms with Crippen LogP contribution in [0.2, 0.25) is 5.02 Å². The van der Waals surface area contributed by atoms with Gasteiger partial charge in [-0.2, -0.15) is 0 Å². The third-order valence-corrected chi connectivity index (χ3v) is 4.73. The fourth-order valence-corrected chi connectivity index (χ4v) is 3.60. The first kappa shape index (κ1) is 17.0. The number of fused-ring (bicyclic) bond motifs is 2. The van der Waals surface area contributed by atoms with Gasteiger partial charge in [-0.3, -0.25) is 4.79 Å². The molecule has 136 valence electrons. The summed E-state index contributed by atoms with van der Waals surface area (Å²) in [5, 5.41) is 3.29. The zero-order valence-corrected chi connectivity index (χ0v) is 15.1. The lowest BCUT2D eigenvalue weighted by Gasteiger charge is -2.36. The van der Waals surface area contributed by atoms with Gasteiger partial charge in [0.15, 0.2) is 12.9 Å². The van der Waals surface area contributed by atoms with Crippen LogP contribution in [0, 0.1) is 0 Å². The number of amides is 1. The molecule has 2 heterocycles. The van der Waals surface area contributed by atoms with E-state index in [4.69, 9.17) is 25.8 Å². The molecule has 2 aromatic rings. The molecular formula is C19H19ClN2O4. The summed E-state index contributed by atoms with van der Waals surface area (Å²) in [5.74, 6) is 1.34. The Bertz CT molecular complexity index is 842. The highest BCUT2D eigenvalue weighted by Crippen LogP contribution is 2.37. The van der Waals surface area contributed by atoms with Crippen molar-refractivity contribution in [3.63, 3.8) is 0 Å². The van der Waals surface area contributed by atoms with Crippen molar-refractivity contribution < 1.29 is 19.0 Å². The van der Waals surface area contributed by atoms with E-state index in [-0.39, 0.29) is 12.7 Å². The largest absolute Gasteiger partial charge is 0.477 e. The van der Waals surface area contributed by atoms with Gasteiger partial charge in [-0.15, -0.1) is 0 Å². The number of likely N-dealkylation sites (N-methyl/N-ethyl adjacent to an activating group) is 1.